The predicted molar refractivity (Wildman–Crippen MR) is 134 cm³/mol. The molecule has 4 aromatic rings. The number of fused-ring (bicyclic) bond motifs is 3. The fraction of sp³-hybridized carbons (Fsp3) is 0.346. The first-order valence-electron chi connectivity index (χ1n) is 12.0. The van der Waals surface area contributed by atoms with Gasteiger partial charge in [-0.1, -0.05) is 0 Å². The molecule has 1 saturated carbocycles. The number of ether oxygens (including phenoxy) is 2. The quantitative estimate of drug-likeness (QED) is 0.423. The second kappa shape index (κ2) is 9.00. The zero-order valence-corrected chi connectivity index (χ0v) is 20.1. The molecule has 0 aromatic carbocycles. The van der Waals surface area contributed by atoms with E-state index in [9.17, 15) is 5.26 Å². The van der Waals surface area contributed by atoms with Crippen LogP contribution in [0, 0.1) is 23.2 Å². The molecule has 2 bridgehead atoms. The van der Waals surface area contributed by atoms with E-state index >= 15 is 0 Å². The first-order valence-corrected chi connectivity index (χ1v) is 12.0. The average Bonchev–Trinajstić information content (AvgIpc) is 3.35. The topological polar surface area (TPSA) is 113 Å². The molecule has 10 nitrogen and oxygen atoms in total. The van der Waals surface area contributed by atoms with Gasteiger partial charge in [0.05, 0.1) is 49.6 Å². The standard InChI is InChI=1S/C26H26N8O2/c1-3-36-20-7-21(26-19(8-27)10-31-34(26)15-20)16-4-5-23(29-9-16)33-13-17-6-18(14-33)25(17)32-22-11-30-24(35-2)12-28-22/h4-5,7,9-12,15,17-18,25H,3,6,13-14H2,1-2H3,(H,28,32)/t17-,18+,25?. The van der Waals surface area contributed by atoms with E-state index in [4.69, 9.17) is 14.5 Å². The van der Waals surface area contributed by atoms with Crippen LogP contribution in [0.25, 0.3) is 16.6 Å². The third kappa shape index (κ3) is 3.82. The highest BCUT2D eigenvalue weighted by atomic mass is 16.5. The van der Waals surface area contributed by atoms with Crippen LogP contribution in [0.1, 0.15) is 18.9 Å². The minimum Gasteiger partial charge on any atom is -0.492 e. The molecule has 0 amide bonds. The van der Waals surface area contributed by atoms with Gasteiger partial charge in [-0.25, -0.2) is 19.5 Å². The Hall–Kier alpha value is -4.39. The summed E-state index contributed by atoms with van der Waals surface area (Å²) in [5, 5.41) is 17.5. The summed E-state index contributed by atoms with van der Waals surface area (Å²) in [5.74, 6) is 4.01. The second-order valence-electron chi connectivity index (χ2n) is 9.17. The highest BCUT2D eigenvalue weighted by Crippen LogP contribution is 2.43. The molecule has 0 radical (unpaired) electrons. The Labute approximate surface area is 208 Å². The zero-order valence-electron chi connectivity index (χ0n) is 20.1. The van der Waals surface area contributed by atoms with Crippen LogP contribution in [0.4, 0.5) is 11.6 Å². The maximum atomic E-state index is 9.57. The molecule has 1 unspecified atom stereocenters. The van der Waals surface area contributed by atoms with Crippen molar-refractivity contribution in [2.45, 2.75) is 19.4 Å². The summed E-state index contributed by atoms with van der Waals surface area (Å²) in [4.78, 5) is 15.8. The number of nitrogens with one attached hydrogen (secondary N) is 1. The van der Waals surface area contributed by atoms with Crippen molar-refractivity contribution in [1.29, 1.82) is 5.26 Å². The summed E-state index contributed by atoms with van der Waals surface area (Å²) in [6.07, 6.45) is 9.82. The Morgan fingerprint density at radius 1 is 1.11 bits per heavy atom. The molecule has 0 spiro atoms. The summed E-state index contributed by atoms with van der Waals surface area (Å²) in [5.41, 5.74) is 3.07. The Balaban J connectivity index is 1.19. The van der Waals surface area contributed by atoms with Crippen LogP contribution in [0.15, 0.2) is 49.2 Å². The van der Waals surface area contributed by atoms with Crippen LogP contribution < -0.4 is 19.7 Å². The Morgan fingerprint density at radius 2 is 1.97 bits per heavy atom. The van der Waals surface area contributed by atoms with Crippen molar-refractivity contribution in [2.24, 2.45) is 11.8 Å². The smallest absolute Gasteiger partial charge is 0.232 e. The maximum absolute atomic E-state index is 9.57. The Morgan fingerprint density at radius 3 is 2.64 bits per heavy atom. The van der Waals surface area contributed by atoms with Crippen LogP contribution in [-0.2, 0) is 0 Å². The summed E-state index contributed by atoms with van der Waals surface area (Å²) in [6.45, 7) is 4.37. The fourth-order valence-electron chi connectivity index (χ4n) is 5.35. The van der Waals surface area contributed by atoms with Crippen LogP contribution in [0.5, 0.6) is 11.6 Å². The van der Waals surface area contributed by atoms with Crippen molar-refractivity contribution >= 4 is 17.2 Å². The highest BCUT2D eigenvalue weighted by molar-refractivity contribution is 5.85. The lowest BCUT2D eigenvalue weighted by Crippen LogP contribution is -2.61. The van der Waals surface area contributed by atoms with E-state index in [1.807, 2.05) is 19.2 Å². The van der Waals surface area contributed by atoms with Gasteiger partial charge in [0, 0.05) is 36.5 Å². The van der Waals surface area contributed by atoms with Gasteiger partial charge >= 0.3 is 0 Å². The van der Waals surface area contributed by atoms with E-state index in [0.717, 1.165) is 41.4 Å². The minimum atomic E-state index is 0.393. The predicted octanol–water partition coefficient (Wildman–Crippen LogP) is 3.40. The van der Waals surface area contributed by atoms with Crippen LogP contribution in [0.2, 0.25) is 0 Å². The number of anilines is 2. The lowest BCUT2D eigenvalue weighted by molar-refractivity contribution is 0.130. The molecule has 3 fully saturated rings. The first kappa shape index (κ1) is 22.1. The molecule has 1 N–H and O–H groups in total. The van der Waals surface area contributed by atoms with Gasteiger partial charge in [-0.15, -0.1) is 0 Å². The van der Waals surface area contributed by atoms with Gasteiger partial charge in [-0.05, 0) is 43.4 Å². The van der Waals surface area contributed by atoms with Crippen LogP contribution in [0.3, 0.4) is 0 Å². The molecule has 10 heteroatoms. The first-order chi connectivity index (χ1) is 17.7. The largest absolute Gasteiger partial charge is 0.492 e. The number of rotatable bonds is 7. The number of nitriles is 1. The Bertz CT molecular complexity index is 1420. The molecule has 3 atom stereocenters. The molecule has 36 heavy (non-hydrogen) atoms. The number of piperidine rings is 2. The summed E-state index contributed by atoms with van der Waals surface area (Å²) >= 11 is 0. The molecule has 4 aromatic heterocycles. The molecule has 1 aliphatic carbocycles. The third-order valence-electron chi connectivity index (χ3n) is 7.08. The van der Waals surface area contributed by atoms with Gasteiger partial charge in [0.1, 0.15) is 23.5 Å². The SMILES string of the molecule is CCOc1cc(-c2ccc(N3C[C@H]4C[C@@H](C3)C4Nc3cnc(OC)cn3)nc2)c2c(C#N)cnn2c1. The van der Waals surface area contributed by atoms with Gasteiger partial charge < -0.3 is 19.7 Å². The summed E-state index contributed by atoms with van der Waals surface area (Å²) in [6, 6.07) is 8.70. The molecular formula is C26H26N8O2. The zero-order chi connectivity index (χ0) is 24.6. The molecule has 7 rings (SSSR count). The fourth-order valence-corrected chi connectivity index (χ4v) is 5.35. The van der Waals surface area contributed by atoms with Gasteiger partial charge in [0.2, 0.25) is 5.88 Å². The van der Waals surface area contributed by atoms with E-state index in [1.54, 1.807) is 36.4 Å². The number of hydrogen-bond acceptors (Lipinski definition) is 9. The minimum absolute atomic E-state index is 0.393. The van der Waals surface area contributed by atoms with Crippen LogP contribution >= 0.6 is 0 Å². The van der Waals surface area contributed by atoms with E-state index < -0.39 is 0 Å². The van der Waals surface area contributed by atoms with Gasteiger partial charge in [-0.3, -0.25) is 0 Å². The van der Waals surface area contributed by atoms with Gasteiger partial charge in [0.25, 0.3) is 0 Å². The van der Waals surface area contributed by atoms with E-state index in [-0.39, 0.29) is 0 Å². The number of methoxy groups -OCH3 is 1. The number of aromatic nitrogens is 5. The monoisotopic (exact) mass is 482 g/mol. The second-order valence-corrected chi connectivity index (χ2v) is 9.17. The summed E-state index contributed by atoms with van der Waals surface area (Å²) < 4.78 is 12.5. The molecule has 6 heterocycles. The van der Waals surface area contributed by atoms with Crippen molar-refractivity contribution in [1.82, 2.24) is 24.6 Å². The molecular weight excluding hydrogens is 456 g/mol. The van der Waals surface area contributed by atoms with Gasteiger partial charge in [-0.2, -0.15) is 10.4 Å². The normalized spacial score (nSPS) is 20.5. The van der Waals surface area contributed by atoms with Crippen molar-refractivity contribution in [3.05, 3.63) is 54.7 Å². The van der Waals surface area contributed by atoms with Crippen molar-refractivity contribution < 1.29 is 9.47 Å². The van der Waals surface area contributed by atoms with Gasteiger partial charge in [0.15, 0.2) is 0 Å². The Kier molecular flexibility index (Phi) is 5.52. The number of hydrogen-bond donors (Lipinski definition) is 1. The van der Waals surface area contributed by atoms with Crippen molar-refractivity contribution in [2.75, 3.05) is 37.0 Å². The maximum Gasteiger partial charge on any atom is 0.232 e. The van der Waals surface area contributed by atoms with Crippen LogP contribution in [-0.4, -0.2) is 57.4 Å². The molecule has 2 saturated heterocycles. The number of pyridine rings is 2. The highest BCUT2D eigenvalue weighted by Gasteiger charge is 2.47. The molecule has 2 aliphatic heterocycles. The summed E-state index contributed by atoms with van der Waals surface area (Å²) in [7, 11) is 1.59. The lowest BCUT2D eigenvalue weighted by Gasteiger charge is -2.54. The van der Waals surface area contributed by atoms with E-state index in [2.05, 4.69) is 43.5 Å². The average molecular weight is 483 g/mol. The van der Waals surface area contributed by atoms with Crippen molar-refractivity contribution in [3.63, 3.8) is 0 Å². The molecule has 3 aliphatic rings. The van der Waals surface area contributed by atoms with Crippen molar-refractivity contribution in [3.8, 4) is 28.8 Å². The van der Waals surface area contributed by atoms with E-state index in [0.29, 0.717) is 41.7 Å². The van der Waals surface area contributed by atoms with E-state index in [1.165, 1.54) is 6.42 Å². The third-order valence-corrected chi connectivity index (χ3v) is 7.08. The lowest BCUT2D eigenvalue weighted by atomic mass is 9.66. The molecule has 182 valence electrons. The number of nitrogens with zero attached hydrogens (tertiary/aromatic N) is 7.